The second kappa shape index (κ2) is 9.46. The molecule has 0 aliphatic rings. The Kier molecular flexibility index (Phi) is 6.97. The van der Waals surface area contributed by atoms with E-state index in [1.165, 1.54) is 11.2 Å². The van der Waals surface area contributed by atoms with Crippen LogP contribution in [0.2, 0.25) is 0 Å². The average molecular weight is 331 g/mol. The van der Waals surface area contributed by atoms with Crippen molar-refractivity contribution in [2.75, 3.05) is 32.1 Å². The van der Waals surface area contributed by atoms with Crippen LogP contribution in [0.3, 0.4) is 0 Å². The number of nitrogens with zero attached hydrogens (tertiary/aromatic N) is 2. The van der Waals surface area contributed by atoms with Crippen LogP contribution in [0.25, 0.3) is 0 Å². The van der Waals surface area contributed by atoms with E-state index in [9.17, 15) is 9.59 Å². The second-order valence-corrected chi connectivity index (χ2v) is 5.26. The average Bonchev–Trinajstić information content (AvgIpc) is 3.08. The molecule has 0 aliphatic carbocycles. The fraction of sp³-hybridized carbons (Fsp3) is 0.353. The minimum absolute atomic E-state index is 0.0394. The Morgan fingerprint density at radius 3 is 2.71 bits per heavy atom. The standard InChI is InChI=1S/C17H21N3O4/c1-23-10-5-9-20(13-16(21)18-15-8-11-24-19-15)17(22)12-14-6-3-2-4-7-14/h2-4,6-8,11H,5,9-10,12-13H2,1H3,(H,18,19,21). The SMILES string of the molecule is COCCCN(CC(=O)Nc1ccon1)C(=O)Cc1ccccc1. The van der Waals surface area contributed by atoms with Crippen molar-refractivity contribution in [3.05, 3.63) is 48.2 Å². The molecule has 7 heteroatoms. The van der Waals surface area contributed by atoms with Crippen LogP contribution in [0.15, 0.2) is 47.2 Å². The van der Waals surface area contributed by atoms with Gasteiger partial charge in [-0.1, -0.05) is 35.5 Å². The maximum atomic E-state index is 12.5. The molecule has 24 heavy (non-hydrogen) atoms. The summed E-state index contributed by atoms with van der Waals surface area (Å²) >= 11 is 0. The summed E-state index contributed by atoms with van der Waals surface area (Å²) < 4.78 is 9.68. The van der Waals surface area contributed by atoms with Gasteiger partial charge in [-0.3, -0.25) is 9.59 Å². The summed E-state index contributed by atoms with van der Waals surface area (Å²) in [5.74, 6) is -0.0947. The molecule has 0 fully saturated rings. The Balaban J connectivity index is 1.94. The number of amides is 2. The van der Waals surface area contributed by atoms with Crippen molar-refractivity contribution in [2.45, 2.75) is 12.8 Å². The van der Waals surface area contributed by atoms with Gasteiger partial charge >= 0.3 is 0 Å². The molecular weight excluding hydrogens is 310 g/mol. The largest absolute Gasteiger partial charge is 0.385 e. The van der Waals surface area contributed by atoms with E-state index in [1.807, 2.05) is 30.3 Å². The zero-order valence-electron chi connectivity index (χ0n) is 13.6. The van der Waals surface area contributed by atoms with Crippen LogP contribution in [0, 0.1) is 0 Å². The van der Waals surface area contributed by atoms with Crippen molar-refractivity contribution in [3.63, 3.8) is 0 Å². The van der Waals surface area contributed by atoms with Gasteiger partial charge in [-0.2, -0.15) is 0 Å². The van der Waals surface area contributed by atoms with Crippen molar-refractivity contribution in [1.82, 2.24) is 10.1 Å². The minimum Gasteiger partial charge on any atom is -0.385 e. The molecule has 0 bridgehead atoms. The fourth-order valence-electron chi connectivity index (χ4n) is 2.21. The smallest absolute Gasteiger partial charge is 0.245 e. The highest BCUT2D eigenvalue weighted by Crippen LogP contribution is 2.06. The van der Waals surface area contributed by atoms with E-state index in [2.05, 4.69) is 15.0 Å². The normalized spacial score (nSPS) is 10.4. The highest BCUT2D eigenvalue weighted by atomic mass is 16.5. The Bertz CT molecular complexity index is 629. The first-order chi connectivity index (χ1) is 11.7. The minimum atomic E-state index is -0.317. The molecule has 2 aromatic rings. The van der Waals surface area contributed by atoms with Crippen LogP contribution >= 0.6 is 0 Å². The summed E-state index contributed by atoms with van der Waals surface area (Å²) in [5.41, 5.74) is 0.913. The van der Waals surface area contributed by atoms with E-state index >= 15 is 0 Å². The summed E-state index contributed by atoms with van der Waals surface area (Å²) in [5, 5.41) is 6.21. The van der Waals surface area contributed by atoms with E-state index in [0.717, 1.165) is 5.56 Å². The maximum Gasteiger partial charge on any atom is 0.245 e. The molecule has 1 aromatic carbocycles. The first kappa shape index (κ1) is 17.7. The molecular formula is C17H21N3O4. The van der Waals surface area contributed by atoms with Gasteiger partial charge in [0.05, 0.1) is 13.0 Å². The van der Waals surface area contributed by atoms with Crippen LogP contribution in [-0.2, 0) is 20.7 Å². The molecule has 2 amide bonds. The number of hydrogen-bond donors (Lipinski definition) is 1. The maximum absolute atomic E-state index is 12.5. The van der Waals surface area contributed by atoms with Crippen LogP contribution < -0.4 is 5.32 Å². The van der Waals surface area contributed by atoms with Crippen molar-refractivity contribution in [2.24, 2.45) is 0 Å². The van der Waals surface area contributed by atoms with Crippen molar-refractivity contribution in [3.8, 4) is 0 Å². The molecule has 1 N–H and O–H groups in total. The summed E-state index contributed by atoms with van der Waals surface area (Å²) in [6.45, 7) is 0.938. The number of aromatic nitrogens is 1. The predicted molar refractivity (Wildman–Crippen MR) is 88.4 cm³/mol. The lowest BCUT2D eigenvalue weighted by Gasteiger charge is -2.22. The zero-order valence-corrected chi connectivity index (χ0v) is 13.6. The monoisotopic (exact) mass is 331 g/mol. The van der Waals surface area contributed by atoms with E-state index < -0.39 is 0 Å². The van der Waals surface area contributed by atoms with Gasteiger partial charge in [0, 0.05) is 26.3 Å². The second-order valence-electron chi connectivity index (χ2n) is 5.26. The summed E-state index contributed by atoms with van der Waals surface area (Å²) in [7, 11) is 1.60. The Labute approximate surface area is 140 Å². The van der Waals surface area contributed by atoms with Gasteiger partial charge < -0.3 is 19.5 Å². The van der Waals surface area contributed by atoms with Crippen LogP contribution in [0.5, 0.6) is 0 Å². The number of rotatable bonds is 9. The lowest BCUT2D eigenvalue weighted by atomic mass is 10.1. The van der Waals surface area contributed by atoms with Crippen molar-refractivity contribution < 1.29 is 18.8 Å². The molecule has 0 saturated heterocycles. The first-order valence-corrected chi connectivity index (χ1v) is 7.70. The molecule has 0 atom stereocenters. The molecule has 1 heterocycles. The van der Waals surface area contributed by atoms with E-state index in [0.29, 0.717) is 25.4 Å². The van der Waals surface area contributed by atoms with Gasteiger partial charge in [0.25, 0.3) is 0 Å². The van der Waals surface area contributed by atoms with Gasteiger partial charge in [0.15, 0.2) is 5.82 Å². The van der Waals surface area contributed by atoms with E-state index in [4.69, 9.17) is 4.74 Å². The van der Waals surface area contributed by atoms with E-state index in [1.54, 1.807) is 13.2 Å². The number of carbonyl (C=O) groups excluding carboxylic acids is 2. The quantitative estimate of drug-likeness (QED) is 0.707. The fourth-order valence-corrected chi connectivity index (χ4v) is 2.21. The summed E-state index contributed by atoms with van der Waals surface area (Å²) in [6.07, 6.45) is 2.28. The highest BCUT2D eigenvalue weighted by Gasteiger charge is 2.18. The molecule has 0 aliphatic heterocycles. The van der Waals surface area contributed by atoms with Crippen LogP contribution in [0.4, 0.5) is 5.82 Å². The summed E-state index contributed by atoms with van der Waals surface area (Å²) in [6, 6.07) is 11.0. The zero-order chi connectivity index (χ0) is 17.2. The highest BCUT2D eigenvalue weighted by molar-refractivity contribution is 5.94. The number of nitrogens with one attached hydrogen (secondary N) is 1. The Hall–Kier alpha value is -2.67. The third kappa shape index (κ3) is 5.85. The molecule has 0 unspecified atom stereocenters. The van der Waals surface area contributed by atoms with Crippen LogP contribution in [0.1, 0.15) is 12.0 Å². The number of benzene rings is 1. The molecule has 7 nitrogen and oxygen atoms in total. The van der Waals surface area contributed by atoms with Gasteiger partial charge in [-0.05, 0) is 12.0 Å². The lowest BCUT2D eigenvalue weighted by Crippen LogP contribution is -2.39. The molecule has 0 spiro atoms. The summed E-state index contributed by atoms with van der Waals surface area (Å²) in [4.78, 5) is 26.1. The number of anilines is 1. The molecule has 2 rings (SSSR count). The molecule has 128 valence electrons. The number of carbonyl (C=O) groups is 2. The Morgan fingerprint density at radius 2 is 2.04 bits per heavy atom. The number of hydrogen-bond acceptors (Lipinski definition) is 5. The first-order valence-electron chi connectivity index (χ1n) is 7.70. The van der Waals surface area contributed by atoms with Crippen molar-refractivity contribution in [1.29, 1.82) is 0 Å². The van der Waals surface area contributed by atoms with Gasteiger partial charge in [0.2, 0.25) is 11.8 Å². The van der Waals surface area contributed by atoms with Gasteiger partial charge in [-0.15, -0.1) is 0 Å². The molecule has 0 radical (unpaired) electrons. The lowest BCUT2D eigenvalue weighted by molar-refractivity contribution is -0.134. The number of methoxy groups -OCH3 is 1. The van der Waals surface area contributed by atoms with E-state index in [-0.39, 0.29) is 24.8 Å². The molecule has 0 saturated carbocycles. The van der Waals surface area contributed by atoms with Crippen LogP contribution in [-0.4, -0.2) is 48.7 Å². The predicted octanol–water partition coefficient (Wildman–Crippen LogP) is 1.72. The Morgan fingerprint density at radius 1 is 1.25 bits per heavy atom. The topological polar surface area (TPSA) is 84.7 Å². The number of ether oxygens (including phenoxy) is 1. The molecule has 1 aromatic heterocycles. The van der Waals surface area contributed by atoms with Gasteiger partial charge in [-0.25, -0.2) is 0 Å². The third-order valence-electron chi connectivity index (χ3n) is 3.37. The van der Waals surface area contributed by atoms with Crippen molar-refractivity contribution >= 4 is 17.6 Å². The van der Waals surface area contributed by atoms with Gasteiger partial charge in [0.1, 0.15) is 6.26 Å². The third-order valence-corrected chi connectivity index (χ3v) is 3.37.